The van der Waals surface area contributed by atoms with Gasteiger partial charge in [0.15, 0.2) is 0 Å². The average molecular weight is 190 g/mol. The van der Waals surface area contributed by atoms with Gasteiger partial charge < -0.3 is 20.1 Å². The largest absolute Gasteiger partial charge is 0.388 e. The van der Waals surface area contributed by atoms with Crippen LogP contribution in [0.1, 0.15) is 20.8 Å². The van der Waals surface area contributed by atoms with Crippen molar-refractivity contribution in [3.05, 3.63) is 0 Å². The van der Waals surface area contributed by atoms with Crippen molar-refractivity contribution in [3.63, 3.8) is 0 Å². The molecule has 4 atom stereocenters. The van der Waals surface area contributed by atoms with Crippen LogP contribution in [0.4, 0.5) is 0 Å². The first-order valence-corrected chi connectivity index (χ1v) is 4.50. The van der Waals surface area contributed by atoms with Crippen LogP contribution in [0.2, 0.25) is 0 Å². The summed E-state index contributed by atoms with van der Waals surface area (Å²) >= 11 is 0. The van der Waals surface area contributed by atoms with Crippen molar-refractivity contribution in [3.8, 4) is 0 Å². The van der Waals surface area contributed by atoms with Crippen LogP contribution in [0.5, 0.6) is 0 Å². The first-order chi connectivity index (χ1) is 5.84. The lowest BCUT2D eigenvalue weighted by Crippen LogP contribution is -2.56. The van der Waals surface area contributed by atoms with E-state index < -0.39 is 24.4 Å². The zero-order valence-electron chi connectivity index (χ0n) is 8.27. The van der Waals surface area contributed by atoms with E-state index in [4.69, 9.17) is 4.74 Å². The topological polar surface area (TPSA) is 69.9 Å². The molecule has 13 heavy (non-hydrogen) atoms. The van der Waals surface area contributed by atoms with Crippen LogP contribution in [0, 0.1) is 5.41 Å². The van der Waals surface area contributed by atoms with Crippen molar-refractivity contribution in [2.75, 3.05) is 6.61 Å². The Morgan fingerprint density at radius 2 is 1.62 bits per heavy atom. The minimum absolute atomic E-state index is 0.0835. The first kappa shape index (κ1) is 10.9. The normalized spacial score (nSPS) is 42.0. The van der Waals surface area contributed by atoms with Crippen molar-refractivity contribution in [2.45, 2.75) is 45.2 Å². The maximum Gasteiger partial charge on any atom is 0.111 e. The molecule has 78 valence electrons. The smallest absolute Gasteiger partial charge is 0.111 e. The fourth-order valence-corrected chi connectivity index (χ4v) is 1.57. The van der Waals surface area contributed by atoms with E-state index in [1.807, 2.05) is 20.8 Å². The molecule has 0 radical (unpaired) electrons. The average Bonchev–Trinajstić information content (AvgIpc) is 1.98. The highest BCUT2D eigenvalue weighted by atomic mass is 16.5. The van der Waals surface area contributed by atoms with Crippen LogP contribution in [-0.4, -0.2) is 46.3 Å². The molecule has 1 aliphatic heterocycles. The molecular formula is C9H18O4. The number of hydrogen-bond acceptors (Lipinski definition) is 4. The van der Waals surface area contributed by atoms with Crippen LogP contribution in [0.3, 0.4) is 0 Å². The van der Waals surface area contributed by atoms with E-state index in [1.165, 1.54) is 0 Å². The molecule has 4 unspecified atom stereocenters. The summed E-state index contributed by atoms with van der Waals surface area (Å²) in [6, 6.07) is 0. The fourth-order valence-electron chi connectivity index (χ4n) is 1.57. The van der Waals surface area contributed by atoms with Gasteiger partial charge >= 0.3 is 0 Å². The molecule has 1 heterocycles. The number of aliphatic hydroxyl groups excluding tert-OH is 3. The van der Waals surface area contributed by atoms with Crippen LogP contribution in [0.15, 0.2) is 0 Å². The molecule has 0 bridgehead atoms. The highest BCUT2D eigenvalue weighted by Gasteiger charge is 2.42. The molecule has 1 rings (SSSR count). The van der Waals surface area contributed by atoms with Gasteiger partial charge in [0.25, 0.3) is 0 Å². The van der Waals surface area contributed by atoms with Crippen LogP contribution >= 0.6 is 0 Å². The van der Waals surface area contributed by atoms with E-state index in [0.717, 1.165) is 0 Å². The summed E-state index contributed by atoms with van der Waals surface area (Å²) in [4.78, 5) is 0. The standard InChI is InChI=1S/C9H18O4/c1-9(2,3)8-7(12)6(11)5(10)4-13-8/h5-8,10-12H,4H2,1-3H3. The van der Waals surface area contributed by atoms with E-state index in [9.17, 15) is 15.3 Å². The summed E-state index contributed by atoms with van der Waals surface area (Å²) in [5.41, 5.74) is -0.236. The zero-order valence-corrected chi connectivity index (χ0v) is 8.27. The Bertz CT molecular complexity index is 175. The van der Waals surface area contributed by atoms with Gasteiger partial charge in [-0.1, -0.05) is 20.8 Å². The molecule has 0 saturated carbocycles. The Hall–Kier alpha value is -0.160. The molecule has 1 fully saturated rings. The monoisotopic (exact) mass is 190 g/mol. The summed E-state index contributed by atoms with van der Waals surface area (Å²) in [7, 11) is 0. The second kappa shape index (κ2) is 3.53. The van der Waals surface area contributed by atoms with Crippen LogP contribution in [0.25, 0.3) is 0 Å². The number of hydrogen-bond donors (Lipinski definition) is 3. The predicted molar refractivity (Wildman–Crippen MR) is 47.2 cm³/mol. The molecule has 0 aromatic heterocycles. The molecule has 0 aliphatic carbocycles. The maximum absolute atomic E-state index is 9.61. The summed E-state index contributed by atoms with van der Waals surface area (Å²) in [5, 5.41) is 28.2. The van der Waals surface area contributed by atoms with Crippen molar-refractivity contribution in [2.24, 2.45) is 5.41 Å². The Kier molecular flexibility index (Phi) is 2.97. The van der Waals surface area contributed by atoms with Gasteiger partial charge in [-0.15, -0.1) is 0 Å². The molecule has 0 amide bonds. The van der Waals surface area contributed by atoms with Crippen molar-refractivity contribution < 1.29 is 20.1 Å². The SMILES string of the molecule is CC(C)(C)C1OCC(O)C(O)C1O. The molecule has 4 heteroatoms. The summed E-state index contributed by atoms with van der Waals surface area (Å²) in [6.07, 6.45) is -3.51. The Labute approximate surface area is 78.1 Å². The third-order valence-corrected chi connectivity index (χ3v) is 2.35. The molecule has 0 aromatic rings. The van der Waals surface area contributed by atoms with E-state index in [2.05, 4.69) is 0 Å². The van der Waals surface area contributed by atoms with Gasteiger partial charge in [0, 0.05) is 0 Å². The predicted octanol–water partition coefficient (Wildman–Crippen LogP) is -0.486. The Morgan fingerprint density at radius 3 is 2.08 bits per heavy atom. The summed E-state index contributed by atoms with van der Waals surface area (Å²) in [5.74, 6) is 0. The summed E-state index contributed by atoms with van der Waals surface area (Å²) < 4.78 is 5.28. The van der Waals surface area contributed by atoms with Gasteiger partial charge in [0.1, 0.15) is 18.3 Å². The minimum Gasteiger partial charge on any atom is -0.388 e. The van der Waals surface area contributed by atoms with E-state index >= 15 is 0 Å². The lowest BCUT2D eigenvalue weighted by molar-refractivity contribution is -0.211. The molecule has 0 aromatic carbocycles. The van der Waals surface area contributed by atoms with Crippen LogP contribution < -0.4 is 0 Å². The number of rotatable bonds is 0. The highest BCUT2D eigenvalue weighted by molar-refractivity contribution is 4.92. The van der Waals surface area contributed by atoms with Crippen molar-refractivity contribution >= 4 is 0 Å². The van der Waals surface area contributed by atoms with E-state index in [-0.39, 0.29) is 12.0 Å². The number of ether oxygens (including phenoxy) is 1. The second-order valence-electron chi connectivity index (χ2n) is 4.67. The molecule has 1 aliphatic rings. The fraction of sp³-hybridized carbons (Fsp3) is 1.00. The van der Waals surface area contributed by atoms with E-state index in [0.29, 0.717) is 0 Å². The third-order valence-electron chi connectivity index (χ3n) is 2.35. The Balaban J connectivity index is 2.70. The highest BCUT2D eigenvalue weighted by Crippen LogP contribution is 2.30. The quantitative estimate of drug-likeness (QED) is 0.482. The van der Waals surface area contributed by atoms with Gasteiger partial charge in [0.2, 0.25) is 0 Å². The van der Waals surface area contributed by atoms with Gasteiger partial charge in [0.05, 0.1) is 12.7 Å². The molecule has 4 nitrogen and oxygen atoms in total. The minimum atomic E-state index is -1.10. The Morgan fingerprint density at radius 1 is 1.08 bits per heavy atom. The van der Waals surface area contributed by atoms with Gasteiger partial charge in [-0.25, -0.2) is 0 Å². The first-order valence-electron chi connectivity index (χ1n) is 4.50. The van der Waals surface area contributed by atoms with Gasteiger partial charge in [-0.3, -0.25) is 0 Å². The zero-order chi connectivity index (χ0) is 10.2. The van der Waals surface area contributed by atoms with Crippen molar-refractivity contribution in [1.29, 1.82) is 0 Å². The molecule has 0 spiro atoms. The third kappa shape index (κ3) is 2.20. The lowest BCUT2D eigenvalue weighted by atomic mass is 9.81. The molecule has 3 N–H and O–H groups in total. The molecular weight excluding hydrogens is 172 g/mol. The van der Waals surface area contributed by atoms with Crippen molar-refractivity contribution in [1.82, 2.24) is 0 Å². The lowest BCUT2D eigenvalue weighted by Gasteiger charge is -2.41. The van der Waals surface area contributed by atoms with Gasteiger partial charge in [-0.2, -0.15) is 0 Å². The molecule has 1 saturated heterocycles. The van der Waals surface area contributed by atoms with E-state index in [1.54, 1.807) is 0 Å². The number of aliphatic hydroxyl groups is 3. The maximum atomic E-state index is 9.61. The summed E-state index contributed by atoms with van der Waals surface area (Å²) in [6.45, 7) is 5.85. The second-order valence-corrected chi connectivity index (χ2v) is 4.67. The van der Waals surface area contributed by atoms with Crippen LogP contribution in [-0.2, 0) is 4.74 Å². The van der Waals surface area contributed by atoms with Gasteiger partial charge in [-0.05, 0) is 5.41 Å².